The Hall–Kier alpha value is -1.93. The van der Waals surface area contributed by atoms with Gasteiger partial charge in [0.05, 0.1) is 29.2 Å². The molecule has 1 heterocycles. The SMILES string of the molecule is CCCc1nc(CNC(=O)c2ccc(N(C)S(C)(=O)=O)cc2)cs1. The summed E-state index contributed by atoms with van der Waals surface area (Å²) in [7, 11) is -1.84. The molecule has 0 fully saturated rings. The van der Waals surface area contributed by atoms with Crippen molar-refractivity contribution in [1.82, 2.24) is 10.3 Å². The van der Waals surface area contributed by atoms with Crippen LogP contribution in [0.25, 0.3) is 0 Å². The van der Waals surface area contributed by atoms with Crippen LogP contribution in [-0.2, 0) is 23.0 Å². The lowest BCUT2D eigenvalue weighted by Crippen LogP contribution is -2.25. The fourth-order valence-electron chi connectivity index (χ4n) is 2.05. The molecule has 0 unspecified atom stereocenters. The smallest absolute Gasteiger partial charge is 0.251 e. The second-order valence-corrected chi connectivity index (χ2v) is 8.40. The number of anilines is 1. The first-order valence-corrected chi connectivity index (χ1v) is 10.3. The van der Waals surface area contributed by atoms with Gasteiger partial charge in [-0.05, 0) is 37.1 Å². The van der Waals surface area contributed by atoms with Crippen LogP contribution in [0.1, 0.15) is 34.4 Å². The fourth-order valence-corrected chi connectivity index (χ4v) is 3.45. The highest BCUT2D eigenvalue weighted by atomic mass is 32.2. The Bertz CT molecular complexity index is 798. The number of aryl methyl sites for hydroxylation is 1. The summed E-state index contributed by atoms with van der Waals surface area (Å²) in [6.07, 6.45) is 3.13. The molecular formula is C16H21N3O3S2. The molecule has 0 saturated carbocycles. The van der Waals surface area contributed by atoms with Crippen molar-refractivity contribution in [2.24, 2.45) is 0 Å². The number of aromatic nitrogens is 1. The minimum absolute atomic E-state index is 0.214. The topological polar surface area (TPSA) is 79.4 Å². The van der Waals surface area contributed by atoms with E-state index in [1.54, 1.807) is 35.6 Å². The van der Waals surface area contributed by atoms with Crippen molar-refractivity contribution in [2.45, 2.75) is 26.3 Å². The number of nitrogens with zero attached hydrogens (tertiary/aromatic N) is 2. The van der Waals surface area contributed by atoms with Crippen LogP contribution in [0.3, 0.4) is 0 Å². The molecule has 0 spiro atoms. The van der Waals surface area contributed by atoms with E-state index in [0.29, 0.717) is 17.8 Å². The second kappa shape index (κ2) is 7.76. The number of hydrogen-bond donors (Lipinski definition) is 1. The number of amides is 1. The van der Waals surface area contributed by atoms with Gasteiger partial charge in [-0.15, -0.1) is 11.3 Å². The Morgan fingerprint density at radius 1 is 1.29 bits per heavy atom. The molecular weight excluding hydrogens is 346 g/mol. The first-order valence-electron chi connectivity index (χ1n) is 7.56. The normalized spacial score (nSPS) is 11.3. The second-order valence-electron chi connectivity index (χ2n) is 5.44. The molecule has 130 valence electrons. The van der Waals surface area contributed by atoms with Crippen LogP contribution in [-0.4, -0.2) is 32.6 Å². The summed E-state index contributed by atoms with van der Waals surface area (Å²) in [4.78, 5) is 16.6. The maximum absolute atomic E-state index is 12.2. The van der Waals surface area contributed by atoms with Gasteiger partial charge in [0.25, 0.3) is 5.91 Å². The first-order chi connectivity index (χ1) is 11.3. The quantitative estimate of drug-likeness (QED) is 0.815. The van der Waals surface area contributed by atoms with Gasteiger partial charge in [0, 0.05) is 18.0 Å². The number of rotatable bonds is 7. The van der Waals surface area contributed by atoms with Gasteiger partial charge in [0.15, 0.2) is 0 Å². The van der Waals surface area contributed by atoms with Crippen molar-refractivity contribution >= 4 is 33.0 Å². The molecule has 1 aromatic carbocycles. The molecule has 2 rings (SSSR count). The van der Waals surface area contributed by atoms with E-state index in [-0.39, 0.29) is 5.91 Å². The van der Waals surface area contributed by atoms with Gasteiger partial charge in [0.1, 0.15) is 0 Å². The summed E-state index contributed by atoms with van der Waals surface area (Å²) < 4.78 is 24.2. The predicted molar refractivity (Wildman–Crippen MR) is 97.0 cm³/mol. The summed E-state index contributed by atoms with van der Waals surface area (Å²) in [5, 5.41) is 5.86. The molecule has 2 aromatic rings. The van der Waals surface area contributed by atoms with Crippen LogP contribution in [0.5, 0.6) is 0 Å². The number of nitrogens with one attached hydrogen (secondary N) is 1. The number of carbonyl (C=O) groups is 1. The summed E-state index contributed by atoms with van der Waals surface area (Å²) in [5.41, 5.74) is 1.84. The van der Waals surface area contributed by atoms with Crippen molar-refractivity contribution in [3.05, 3.63) is 45.9 Å². The van der Waals surface area contributed by atoms with Gasteiger partial charge in [-0.2, -0.15) is 0 Å². The van der Waals surface area contributed by atoms with Gasteiger partial charge in [0.2, 0.25) is 10.0 Å². The van der Waals surface area contributed by atoms with Crippen molar-refractivity contribution < 1.29 is 13.2 Å². The summed E-state index contributed by atoms with van der Waals surface area (Å²) in [5.74, 6) is -0.214. The highest BCUT2D eigenvalue weighted by molar-refractivity contribution is 7.92. The Kier molecular flexibility index (Phi) is 5.95. The molecule has 0 radical (unpaired) electrons. The summed E-state index contributed by atoms with van der Waals surface area (Å²) >= 11 is 1.60. The van der Waals surface area contributed by atoms with Gasteiger partial charge in [-0.1, -0.05) is 6.92 Å². The molecule has 0 atom stereocenters. The zero-order chi connectivity index (χ0) is 17.7. The monoisotopic (exact) mass is 367 g/mol. The molecule has 6 nitrogen and oxygen atoms in total. The van der Waals surface area contributed by atoms with E-state index < -0.39 is 10.0 Å². The molecule has 8 heteroatoms. The number of sulfonamides is 1. The number of benzene rings is 1. The molecule has 0 bridgehead atoms. The molecule has 1 aromatic heterocycles. The van der Waals surface area contributed by atoms with E-state index in [9.17, 15) is 13.2 Å². The van der Waals surface area contributed by atoms with Crippen LogP contribution >= 0.6 is 11.3 Å². The Balaban J connectivity index is 1.97. The fraction of sp³-hybridized carbons (Fsp3) is 0.375. The minimum Gasteiger partial charge on any atom is -0.346 e. The molecule has 0 aliphatic heterocycles. The van der Waals surface area contributed by atoms with Crippen LogP contribution in [0, 0.1) is 0 Å². The van der Waals surface area contributed by atoms with Crippen LogP contribution in [0.4, 0.5) is 5.69 Å². The van der Waals surface area contributed by atoms with E-state index >= 15 is 0 Å². The molecule has 0 aliphatic carbocycles. The highest BCUT2D eigenvalue weighted by Crippen LogP contribution is 2.16. The van der Waals surface area contributed by atoms with E-state index in [1.165, 1.54) is 11.4 Å². The molecule has 24 heavy (non-hydrogen) atoms. The summed E-state index contributed by atoms with van der Waals surface area (Å²) in [6, 6.07) is 6.43. The lowest BCUT2D eigenvalue weighted by molar-refractivity contribution is 0.0950. The van der Waals surface area contributed by atoms with Crippen LogP contribution in [0.15, 0.2) is 29.6 Å². The highest BCUT2D eigenvalue weighted by Gasteiger charge is 2.13. The van der Waals surface area contributed by atoms with Crippen molar-refractivity contribution in [3.8, 4) is 0 Å². The van der Waals surface area contributed by atoms with Gasteiger partial charge >= 0.3 is 0 Å². The molecule has 1 N–H and O–H groups in total. The maximum Gasteiger partial charge on any atom is 0.251 e. The van der Waals surface area contributed by atoms with Gasteiger partial charge in [-0.3, -0.25) is 9.10 Å². The summed E-state index contributed by atoms with van der Waals surface area (Å²) in [6.45, 7) is 2.48. The van der Waals surface area contributed by atoms with Crippen molar-refractivity contribution in [1.29, 1.82) is 0 Å². The molecule has 0 saturated heterocycles. The Labute approximate surface area is 146 Å². The minimum atomic E-state index is -3.31. The van der Waals surface area contributed by atoms with E-state index in [1.807, 2.05) is 5.38 Å². The van der Waals surface area contributed by atoms with Crippen molar-refractivity contribution in [2.75, 3.05) is 17.6 Å². The average Bonchev–Trinajstić information content (AvgIpc) is 2.99. The zero-order valence-electron chi connectivity index (χ0n) is 13.9. The number of carbonyl (C=O) groups excluding carboxylic acids is 1. The van der Waals surface area contributed by atoms with Gasteiger partial charge in [-0.25, -0.2) is 13.4 Å². The van der Waals surface area contributed by atoms with Gasteiger partial charge < -0.3 is 5.32 Å². The predicted octanol–water partition coefficient (Wildman–Crippen LogP) is 2.42. The number of thiazole rings is 1. The molecule has 1 amide bonds. The van der Waals surface area contributed by atoms with E-state index in [4.69, 9.17) is 0 Å². The lowest BCUT2D eigenvalue weighted by atomic mass is 10.2. The third-order valence-corrected chi connectivity index (χ3v) is 5.65. The Morgan fingerprint density at radius 3 is 2.54 bits per heavy atom. The average molecular weight is 367 g/mol. The van der Waals surface area contributed by atoms with Crippen LogP contribution in [0.2, 0.25) is 0 Å². The van der Waals surface area contributed by atoms with Crippen LogP contribution < -0.4 is 9.62 Å². The third-order valence-electron chi connectivity index (χ3n) is 3.48. The standard InChI is InChI=1S/C16H21N3O3S2/c1-4-5-15-18-13(11-23-15)10-17-16(20)12-6-8-14(9-7-12)19(2)24(3,21)22/h6-9,11H,4-5,10H2,1-3H3,(H,17,20). The maximum atomic E-state index is 12.2. The molecule has 0 aliphatic rings. The first kappa shape index (κ1) is 18.4. The Morgan fingerprint density at radius 2 is 1.96 bits per heavy atom. The third kappa shape index (κ3) is 4.78. The van der Waals surface area contributed by atoms with E-state index in [0.717, 1.165) is 29.8 Å². The number of hydrogen-bond acceptors (Lipinski definition) is 5. The zero-order valence-corrected chi connectivity index (χ0v) is 15.6. The largest absolute Gasteiger partial charge is 0.346 e. The lowest BCUT2D eigenvalue weighted by Gasteiger charge is -2.16. The van der Waals surface area contributed by atoms with Crippen molar-refractivity contribution in [3.63, 3.8) is 0 Å². The van der Waals surface area contributed by atoms with E-state index in [2.05, 4.69) is 17.2 Å².